The van der Waals surface area contributed by atoms with E-state index in [1.165, 1.54) is 13.1 Å². The normalized spacial score (nSPS) is 13.0. The average molecular weight is 340 g/mol. The van der Waals surface area contributed by atoms with E-state index in [9.17, 15) is 12.8 Å². The minimum Gasteiger partial charge on any atom is -0.409 e. The Morgan fingerprint density at radius 1 is 1.61 bits per heavy atom. The zero-order valence-corrected chi connectivity index (χ0v) is 11.7. The number of nitrogens with two attached hydrogens (primary N) is 1. The van der Waals surface area contributed by atoms with Crippen LogP contribution in [-0.2, 0) is 10.0 Å². The number of hydrogen-bond acceptors (Lipinski definition) is 4. The SMILES string of the molecule is CN(C/C(N)=N/O)S(=O)(=O)c1ccc(Br)cc1F. The van der Waals surface area contributed by atoms with E-state index < -0.39 is 20.7 Å². The molecule has 1 aromatic carbocycles. The maximum Gasteiger partial charge on any atom is 0.246 e. The molecule has 0 radical (unpaired) electrons. The minimum atomic E-state index is -4.03. The van der Waals surface area contributed by atoms with E-state index in [0.29, 0.717) is 4.47 Å². The number of rotatable bonds is 4. The van der Waals surface area contributed by atoms with Gasteiger partial charge in [0.05, 0.1) is 6.54 Å². The van der Waals surface area contributed by atoms with Gasteiger partial charge in [-0.1, -0.05) is 21.1 Å². The summed E-state index contributed by atoms with van der Waals surface area (Å²) < 4.78 is 38.8. The molecular formula is C9H11BrFN3O3S. The second-order valence-corrected chi connectivity index (χ2v) is 6.36. The van der Waals surface area contributed by atoms with Crippen molar-refractivity contribution >= 4 is 31.8 Å². The predicted molar refractivity (Wildman–Crippen MR) is 67.3 cm³/mol. The van der Waals surface area contributed by atoms with Crippen LogP contribution >= 0.6 is 15.9 Å². The lowest BCUT2D eigenvalue weighted by Gasteiger charge is -2.16. The molecule has 0 saturated carbocycles. The van der Waals surface area contributed by atoms with Crippen molar-refractivity contribution in [3.8, 4) is 0 Å². The molecule has 0 aliphatic carbocycles. The van der Waals surface area contributed by atoms with Crippen molar-refractivity contribution in [3.05, 3.63) is 28.5 Å². The molecule has 18 heavy (non-hydrogen) atoms. The van der Waals surface area contributed by atoms with Gasteiger partial charge in [0.1, 0.15) is 10.7 Å². The Balaban J connectivity index is 3.13. The van der Waals surface area contributed by atoms with Crippen LogP contribution in [0.4, 0.5) is 4.39 Å². The van der Waals surface area contributed by atoms with Gasteiger partial charge in [-0.05, 0) is 18.2 Å². The second kappa shape index (κ2) is 5.63. The monoisotopic (exact) mass is 339 g/mol. The number of sulfonamides is 1. The molecule has 6 nitrogen and oxygen atoms in total. The summed E-state index contributed by atoms with van der Waals surface area (Å²) in [5, 5.41) is 11.0. The minimum absolute atomic E-state index is 0.293. The molecule has 0 unspecified atom stereocenters. The molecule has 1 rings (SSSR count). The van der Waals surface area contributed by atoms with Crippen LogP contribution in [0.2, 0.25) is 0 Å². The standard InChI is InChI=1S/C9H11BrFN3O3S/c1-14(5-9(12)13-15)18(16,17)8-3-2-6(10)4-7(8)11/h2-4,15H,5H2,1H3,(H2,12,13). The number of oxime groups is 1. The highest BCUT2D eigenvalue weighted by molar-refractivity contribution is 9.10. The third kappa shape index (κ3) is 3.18. The molecule has 0 spiro atoms. The van der Waals surface area contributed by atoms with Crippen LogP contribution in [0.15, 0.2) is 32.7 Å². The zero-order valence-electron chi connectivity index (χ0n) is 9.34. The fourth-order valence-electron chi connectivity index (χ4n) is 1.20. The van der Waals surface area contributed by atoms with E-state index >= 15 is 0 Å². The van der Waals surface area contributed by atoms with Gasteiger partial charge in [0.15, 0.2) is 5.84 Å². The van der Waals surface area contributed by atoms with Crippen molar-refractivity contribution in [2.24, 2.45) is 10.9 Å². The van der Waals surface area contributed by atoms with E-state index in [0.717, 1.165) is 16.4 Å². The van der Waals surface area contributed by atoms with E-state index in [4.69, 9.17) is 10.9 Å². The van der Waals surface area contributed by atoms with Gasteiger partial charge in [-0.25, -0.2) is 12.8 Å². The molecule has 3 N–H and O–H groups in total. The fraction of sp³-hybridized carbons (Fsp3) is 0.222. The Morgan fingerprint density at radius 3 is 2.72 bits per heavy atom. The summed E-state index contributed by atoms with van der Waals surface area (Å²) in [5.74, 6) is -1.17. The molecule has 0 atom stereocenters. The van der Waals surface area contributed by atoms with Crippen molar-refractivity contribution < 1.29 is 18.0 Å². The van der Waals surface area contributed by atoms with E-state index in [1.807, 2.05) is 0 Å². The maximum absolute atomic E-state index is 13.6. The Morgan fingerprint density at radius 2 is 2.22 bits per heavy atom. The molecule has 0 heterocycles. The molecule has 0 saturated heterocycles. The van der Waals surface area contributed by atoms with Gasteiger partial charge in [-0.3, -0.25) is 0 Å². The van der Waals surface area contributed by atoms with E-state index in [1.54, 1.807) is 0 Å². The first kappa shape index (κ1) is 14.9. The lowest BCUT2D eigenvalue weighted by atomic mass is 10.3. The van der Waals surface area contributed by atoms with Crippen LogP contribution in [0.25, 0.3) is 0 Å². The van der Waals surface area contributed by atoms with Crippen LogP contribution < -0.4 is 5.73 Å². The van der Waals surface area contributed by atoms with Crippen molar-refractivity contribution in [1.29, 1.82) is 0 Å². The average Bonchev–Trinajstić information content (AvgIpc) is 2.28. The van der Waals surface area contributed by atoms with Gasteiger partial charge in [-0.2, -0.15) is 4.31 Å². The van der Waals surface area contributed by atoms with Crippen molar-refractivity contribution in [1.82, 2.24) is 4.31 Å². The number of hydrogen-bond donors (Lipinski definition) is 2. The number of likely N-dealkylation sites (N-methyl/N-ethyl adjacent to an activating group) is 1. The summed E-state index contributed by atoms with van der Waals surface area (Å²) in [6.07, 6.45) is 0. The van der Waals surface area contributed by atoms with Gasteiger partial charge in [0.2, 0.25) is 10.0 Å². The molecule has 100 valence electrons. The van der Waals surface area contributed by atoms with Crippen LogP contribution in [0.5, 0.6) is 0 Å². The first-order valence-electron chi connectivity index (χ1n) is 4.67. The van der Waals surface area contributed by atoms with Crippen LogP contribution in [-0.4, -0.2) is 37.4 Å². The zero-order chi connectivity index (χ0) is 13.9. The molecule has 0 bridgehead atoms. The smallest absolute Gasteiger partial charge is 0.246 e. The summed E-state index contributed by atoms with van der Waals surface area (Å²) >= 11 is 3.03. The molecule has 0 fully saturated rings. The van der Waals surface area contributed by atoms with Gasteiger partial charge in [0, 0.05) is 11.5 Å². The number of benzene rings is 1. The fourth-order valence-corrected chi connectivity index (χ4v) is 2.71. The molecule has 0 aliphatic heterocycles. The maximum atomic E-state index is 13.6. The first-order chi connectivity index (χ1) is 8.28. The van der Waals surface area contributed by atoms with Gasteiger partial charge in [0.25, 0.3) is 0 Å². The Kier molecular flexibility index (Phi) is 4.65. The molecule has 9 heteroatoms. The summed E-state index contributed by atoms with van der Waals surface area (Å²) in [6, 6.07) is 3.59. The Labute approximate surface area is 112 Å². The van der Waals surface area contributed by atoms with E-state index in [-0.39, 0.29) is 12.4 Å². The van der Waals surface area contributed by atoms with Gasteiger partial charge >= 0.3 is 0 Å². The third-order valence-electron chi connectivity index (χ3n) is 2.10. The first-order valence-corrected chi connectivity index (χ1v) is 6.90. The number of amidine groups is 1. The summed E-state index contributed by atoms with van der Waals surface area (Å²) in [7, 11) is -2.82. The van der Waals surface area contributed by atoms with Crippen LogP contribution in [0.3, 0.4) is 0 Å². The lowest BCUT2D eigenvalue weighted by molar-refractivity contribution is 0.315. The summed E-state index contributed by atoms with van der Waals surface area (Å²) in [6.45, 7) is -0.339. The van der Waals surface area contributed by atoms with Crippen LogP contribution in [0, 0.1) is 5.82 Å². The highest BCUT2D eigenvalue weighted by Gasteiger charge is 2.25. The number of nitrogens with zero attached hydrogens (tertiary/aromatic N) is 2. The highest BCUT2D eigenvalue weighted by atomic mass is 79.9. The topological polar surface area (TPSA) is 96.0 Å². The molecule has 0 amide bonds. The van der Waals surface area contributed by atoms with Gasteiger partial charge < -0.3 is 10.9 Å². The predicted octanol–water partition coefficient (Wildman–Crippen LogP) is 0.955. The van der Waals surface area contributed by atoms with Crippen LogP contribution in [0.1, 0.15) is 0 Å². The number of halogens is 2. The summed E-state index contributed by atoms with van der Waals surface area (Å²) in [5.41, 5.74) is 5.20. The highest BCUT2D eigenvalue weighted by Crippen LogP contribution is 2.21. The largest absolute Gasteiger partial charge is 0.409 e. The van der Waals surface area contributed by atoms with Crippen molar-refractivity contribution in [3.63, 3.8) is 0 Å². The van der Waals surface area contributed by atoms with Gasteiger partial charge in [-0.15, -0.1) is 0 Å². The molecule has 0 aliphatic rings. The second-order valence-electron chi connectivity index (χ2n) is 3.43. The molecule has 1 aromatic rings. The Bertz CT molecular complexity index is 576. The van der Waals surface area contributed by atoms with E-state index in [2.05, 4.69) is 21.1 Å². The van der Waals surface area contributed by atoms with Crippen molar-refractivity contribution in [2.45, 2.75) is 4.90 Å². The lowest BCUT2D eigenvalue weighted by Crippen LogP contribution is -2.35. The van der Waals surface area contributed by atoms with Crippen molar-refractivity contribution in [2.75, 3.05) is 13.6 Å². The molecule has 0 aromatic heterocycles. The molecular weight excluding hydrogens is 329 g/mol. The summed E-state index contributed by atoms with van der Waals surface area (Å²) in [4.78, 5) is -0.473. The quantitative estimate of drug-likeness (QED) is 0.369. The third-order valence-corrected chi connectivity index (χ3v) is 4.43. The Hall–Kier alpha value is -1.19.